The minimum atomic E-state index is -0.220. The Balaban J connectivity index is 3.96. The highest BCUT2D eigenvalue weighted by atomic mass is 16.5. The van der Waals surface area contributed by atoms with E-state index < -0.39 is 0 Å². The zero-order valence-electron chi connectivity index (χ0n) is 10.3. The van der Waals surface area contributed by atoms with Gasteiger partial charge in [-0.25, -0.2) is 4.79 Å². The summed E-state index contributed by atoms with van der Waals surface area (Å²) in [6.07, 6.45) is 4.97. The van der Waals surface area contributed by atoms with Crippen molar-refractivity contribution >= 4 is 5.97 Å². The van der Waals surface area contributed by atoms with Crippen molar-refractivity contribution in [3.8, 4) is 0 Å². The van der Waals surface area contributed by atoms with Gasteiger partial charge in [-0.1, -0.05) is 26.3 Å². The molecule has 1 N–H and O–H groups in total. The molecule has 0 radical (unpaired) electrons. The number of nitrogens with one attached hydrogen (secondary N) is 1. The molecule has 88 valence electrons. The van der Waals surface area contributed by atoms with E-state index in [1.54, 1.807) is 0 Å². The van der Waals surface area contributed by atoms with Crippen LogP contribution < -0.4 is 5.32 Å². The minimum absolute atomic E-state index is 0.220. The Morgan fingerprint density at radius 2 is 2.13 bits per heavy atom. The lowest BCUT2D eigenvalue weighted by Crippen LogP contribution is -2.26. The smallest absolute Gasteiger partial charge is 0.333 e. The second-order valence-corrected chi connectivity index (χ2v) is 3.67. The van der Waals surface area contributed by atoms with Crippen LogP contribution in [0, 0.1) is 0 Å². The molecule has 0 spiro atoms. The van der Waals surface area contributed by atoms with Crippen molar-refractivity contribution in [2.75, 3.05) is 13.7 Å². The van der Waals surface area contributed by atoms with Gasteiger partial charge in [-0.3, -0.25) is 0 Å². The lowest BCUT2D eigenvalue weighted by Gasteiger charge is -2.11. The molecule has 3 nitrogen and oxygen atoms in total. The van der Waals surface area contributed by atoms with E-state index in [1.807, 2.05) is 13.0 Å². The maximum atomic E-state index is 11.2. The van der Waals surface area contributed by atoms with E-state index in [1.165, 1.54) is 13.5 Å². The molecule has 0 bridgehead atoms. The molecule has 0 amide bonds. The van der Waals surface area contributed by atoms with Crippen LogP contribution in [0.25, 0.3) is 0 Å². The predicted octanol–water partition coefficient (Wildman–Crippen LogP) is 2.27. The first-order chi connectivity index (χ1) is 7.15. The zero-order valence-corrected chi connectivity index (χ0v) is 10.3. The fraction of sp³-hybridized carbons (Fsp3) is 0.750. The highest BCUT2D eigenvalue weighted by molar-refractivity contribution is 5.88. The third-order valence-corrected chi connectivity index (χ3v) is 2.36. The first kappa shape index (κ1) is 14.2. The summed E-state index contributed by atoms with van der Waals surface area (Å²) in [5.74, 6) is -0.220. The van der Waals surface area contributed by atoms with Crippen molar-refractivity contribution < 1.29 is 9.53 Å². The first-order valence-electron chi connectivity index (χ1n) is 5.66. The molecule has 0 aliphatic rings. The van der Waals surface area contributed by atoms with E-state index >= 15 is 0 Å². The molecular weight excluding hydrogens is 190 g/mol. The molecule has 0 rings (SSSR count). The molecule has 0 aliphatic carbocycles. The van der Waals surface area contributed by atoms with E-state index in [0.29, 0.717) is 6.04 Å². The molecule has 0 aliphatic heterocycles. The average Bonchev–Trinajstić information content (AvgIpc) is 2.24. The Labute approximate surface area is 92.9 Å². The fourth-order valence-electron chi connectivity index (χ4n) is 1.42. The van der Waals surface area contributed by atoms with Crippen LogP contribution in [0.4, 0.5) is 0 Å². The van der Waals surface area contributed by atoms with Gasteiger partial charge in [0.1, 0.15) is 0 Å². The molecule has 0 heterocycles. The number of ether oxygens (including phenoxy) is 1. The number of carbonyl (C=O) groups is 1. The Bertz CT molecular complexity index is 212. The summed E-state index contributed by atoms with van der Waals surface area (Å²) in [6.45, 7) is 7.01. The van der Waals surface area contributed by atoms with Crippen molar-refractivity contribution in [2.24, 2.45) is 0 Å². The van der Waals surface area contributed by atoms with Crippen LogP contribution in [0.1, 0.15) is 40.0 Å². The van der Waals surface area contributed by atoms with Crippen molar-refractivity contribution in [2.45, 2.75) is 46.1 Å². The summed E-state index contributed by atoms with van der Waals surface area (Å²) in [4.78, 5) is 11.2. The van der Waals surface area contributed by atoms with Gasteiger partial charge in [-0.15, -0.1) is 0 Å². The van der Waals surface area contributed by atoms with Crippen molar-refractivity contribution in [3.63, 3.8) is 0 Å². The van der Waals surface area contributed by atoms with E-state index in [9.17, 15) is 4.79 Å². The number of hydrogen-bond acceptors (Lipinski definition) is 3. The molecule has 0 aromatic heterocycles. The predicted molar refractivity (Wildman–Crippen MR) is 62.8 cm³/mol. The summed E-state index contributed by atoms with van der Waals surface area (Å²) in [6, 6.07) is 0.502. The monoisotopic (exact) mass is 213 g/mol. The van der Waals surface area contributed by atoms with Crippen LogP contribution in [0.3, 0.4) is 0 Å². The highest BCUT2D eigenvalue weighted by Gasteiger charge is 2.06. The van der Waals surface area contributed by atoms with Gasteiger partial charge in [0.15, 0.2) is 0 Å². The molecule has 0 aromatic carbocycles. The largest absolute Gasteiger partial charge is 0.466 e. The van der Waals surface area contributed by atoms with Gasteiger partial charge in [0, 0.05) is 18.2 Å². The summed E-state index contributed by atoms with van der Waals surface area (Å²) in [5.41, 5.74) is 0.744. The maximum absolute atomic E-state index is 11.2. The van der Waals surface area contributed by atoms with Gasteiger partial charge < -0.3 is 10.1 Å². The van der Waals surface area contributed by atoms with Crippen LogP contribution >= 0.6 is 0 Å². The van der Waals surface area contributed by atoms with E-state index in [2.05, 4.69) is 23.9 Å². The number of esters is 1. The molecule has 0 fully saturated rings. The molecule has 1 unspecified atom stereocenters. The normalized spacial score (nSPS) is 13.7. The van der Waals surface area contributed by atoms with Gasteiger partial charge in [-0.2, -0.15) is 0 Å². The molecule has 3 heteroatoms. The van der Waals surface area contributed by atoms with Crippen molar-refractivity contribution in [3.05, 3.63) is 11.6 Å². The molecule has 15 heavy (non-hydrogen) atoms. The third-order valence-electron chi connectivity index (χ3n) is 2.36. The zero-order chi connectivity index (χ0) is 11.7. The van der Waals surface area contributed by atoms with Crippen LogP contribution in [-0.2, 0) is 9.53 Å². The number of hydrogen-bond donors (Lipinski definition) is 1. The van der Waals surface area contributed by atoms with E-state index in [0.717, 1.165) is 25.0 Å². The molecular formula is C12H23NO2. The molecule has 0 aromatic rings. The quantitative estimate of drug-likeness (QED) is 0.521. The number of carbonyl (C=O) groups excluding carboxylic acids is 1. The van der Waals surface area contributed by atoms with E-state index in [-0.39, 0.29) is 5.97 Å². The Kier molecular flexibility index (Phi) is 8.01. The van der Waals surface area contributed by atoms with Gasteiger partial charge >= 0.3 is 5.97 Å². The standard InChI is InChI=1S/C12H23NO2/c1-5-7-10(3)13-9-8-11(6-2)12(14)15-4/h8,10,13H,5-7,9H2,1-4H3/b11-8-. The van der Waals surface area contributed by atoms with Gasteiger partial charge in [-0.05, 0) is 19.8 Å². The van der Waals surface area contributed by atoms with Gasteiger partial charge in [0.2, 0.25) is 0 Å². The first-order valence-corrected chi connectivity index (χ1v) is 5.66. The topological polar surface area (TPSA) is 38.3 Å². The molecule has 1 atom stereocenters. The Morgan fingerprint density at radius 3 is 2.60 bits per heavy atom. The van der Waals surface area contributed by atoms with Crippen LogP contribution in [0.15, 0.2) is 11.6 Å². The Hall–Kier alpha value is -0.830. The summed E-state index contributed by atoms with van der Waals surface area (Å²) in [7, 11) is 1.42. The van der Waals surface area contributed by atoms with Crippen molar-refractivity contribution in [1.29, 1.82) is 0 Å². The lowest BCUT2D eigenvalue weighted by molar-refractivity contribution is -0.136. The molecule has 0 saturated carbocycles. The summed E-state index contributed by atoms with van der Waals surface area (Å²) in [5, 5.41) is 3.34. The van der Waals surface area contributed by atoms with E-state index in [4.69, 9.17) is 0 Å². The minimum Gasteiger partial charge on any atom is -0.466 e. The fourth-order valence-corrected chi connectivity index (χ4v) is 1.42. The van der Waals surface area contributed by atoms with Crippen molar-refractivity contribution in [1.82, 2.24) is 5.32 Å². The van der Waals surface area contributed by atoms with Gasteiger partial charge in [0.25, 0.3) is 0 Å². The SMILES string of the molecule is CCCC(C)NC/C=C(/CC)C(=O)OC. The molecule has 0 saturated heterocycles. The maximum Gasteiger partial charge on any atom is 0.333 e. The van der Waals surface area contributed by atoms with Crippen LogP contribution in [-0.4, -0.2) is 25.7 Å². The van der Waals surface area contributed by atoms with Crippen LogP contribution in [0.2, 0.25) is 0 Å². The second-order valence-electron chi connectivity index (χ2n) is 3.67. The second kappa shape index (κ2) is 8.48. The number of methoxy groups -OCH3 is 1. The van der Waals surface area contributed by atoms with Gasteiger partial charge in [0.05, 0.1) is 7.11 Å². The average molecular weight is 213 g/mol. The lowest BCUT2D eigenvalue weighted by atomic mass is 10.1. The highest BCUT2D eigenvalue weighted by Crippen LogP contribution is 2.02. The summed E-state index contributed by atoms with van der Waals surface area (Å²) < 4.78 is 4.67. The number of rotatable bonds is 7. The van der Waals surface area contributed by atoms with Crippen LogP contribution in [0.5, 0.6) is 0 Å². The third kappa shape index (κ3) is 6.28. The Morgan fingerprint density at radius 1 is 1.47 bits per heavy atom. The summed E-state index contributed by atoms with van der Waals surface area (Å²) >= 11 is 0.